The van der Waals surface area contributed by atoms with Crippen LogP contribution in [-0.4, -0.2) is 11.2 Å². The summed E-state index contributed by atoms with van der Waals surface area (Å²) in [5.74, 6) is 0.777. The fourth-order valence-corrected chi connectivity index (χ4v) is 2.01. The molecule has 0 aliphatic carbocycles. The van der Waals surface area contributed by atoms with Gasteiger partial charge in [-0.1, -0.05) is 29.3 Å². The molecule has 1 aromatic rings. The molecular formula is C13H19BrO2. The molecule has 1 rings (SSSR count). The summed E-state index contributed by atoms with van der Waals surface area (Å²) in [5.41, 5.74) is 0.831. The van der Waals surface area contributed by atoms with E-state index in [9.17, 15) is 5.11 Å². The van der Waals surface area contributed by atoms with Crippen molar-refractivity contribution in [3.05, 3.63) is 28.2 Å². The molecule has 2 nitrogen and oxygen atoms in total. The molecule has 90 valence electrons. The van der Waals surface area contributed by atoms with Crippen molar-refractivity contribution < 1.29 is 9.84 Å². The van der Waals surface area contributed by atoms with E-state index in [-0.39, 0.29) is 6.10 Å². The van der Waals surface area contributed by atoms with Crippen LogP contribution in [0.5, 0.6) is 5.75 Å². The van der Waals surface area contributed by atoms with Crippen LogP contribution in [0, 0.1) is 0 Å². The van der Waals surface area contributed by atoms with Crippen LogP contribution in [0.4, 0.5) is 0 Å². The molecule has 3 heteroatoms. The predicted octanol–water partition coefficient (Wildman–Crippen LogP) is 4.07. The third kappa shape index (κ3) is 3.80. The van der Waals surface area contributed by atoms with Gasteiger partial charge in [0.1, 0.15) is 5.75 Å². The van der Waals surface area contributed by atoms with Crippen LogP contribution >= 0.6 is 15.9 Å². The van der Waals surface area contributed by atoms with E-state index in [2.05, 4.69) is 29.8 Å². The number of aliphatic hydroxyl groups is 1. The van der Waals surface area contributed by atoms with Gasteiger partial charge in [0.2, 0.25) is 0 Å². The number of halogens is 1. The van der Waals surface area contributed by atoms with Crippen LogP contribution in [0.2, 0.25) is 0 Å². The van der Waals surface area contributed by atoms with E-state index in [1.54, 1.807) is 6.92 Å². The van der Waals surface area contributed by atoms with Crippen LogP contribution in [0.25, 0.3) is 0 Å². The molecule has 0 fully saturated rings. The van der Waals surface area contributed by atoms with E-state index in [0.29, 0.717) is 0 Å². The van der Waals surface area contributed by atoms with E-state index in [1.807, 2.05) is 18.2 Å². The van der Waals surface area contributed by atoms with Crippen LogP contribution in [0.15, 0.2) is 22.7 Å². The first-order chi connectivity index (χ1) is 7.54. The lowest BCUT2D eigenvalue weighted by atomic mass is 10.1. The van der Waals surface area contributed by atoms with Gasteiger partial charge in [0.25, 0.3) is 0 Å². The summed E-state index contributed by atoms with van der Waals surface area (Å²) in [6.45, 7) is 5.94. The molecule has 0 aliphatic heterocycles. The summed E-state index contributed by atoms with van der Waals surface area (Å²) >= 11 is 3.39. The summed E-state index contributed by atoms with van der Waals surface area (Å²) in [5, 5.41) is 9.67. The van der Waals surface area contributed by atoms with Crippen LogP contribution in [0.3, 0.4) is 0 Å². The normalized spacial score (nSPS) is 14.6. The molecule has 0 saturated heterocycles. The molecule has 0 radical (unpaired) electrons. The molecule has 1 N–H and O–H groups in total. The number of aliphatic hydroxyl groups excluding tert-OH is 1. The molecular weight excluding hydrogens is 268 g/mol. The Kier molecular flexibility index (Phi) is 5.29. The second kappa shape index (κ2) is 6.26. The highest BCUT2D eigenvalue weighted by atomic mass is 79.9. The van der Waals surface area contributed by atoms with Gasteiger partial charge in [-0.15, -0.1) is 0 Å². The second-order valence-corrected chi connectivity index (χ2v) is 4.99. The highest BCUT2D eigenvalue weighted by Crippen LogP contribution is 2.29. The monoisotopic (exact) mass is 286 g/mol. The molecule has 1 aromatic carbocycles. The van der Waals surface area contributed by atoms with Gasteiger partial charge in [0, 0.05) is 10.0 Å². The molecule has 0 saturated carbocycles. The lowest BCUT2D eigenvalue weighted by Gasteiger charge is -2.18. The Morgan fingerprint density at radius 2 is 2.06 bits per heavy atom. The number of rotatable bonds is 5. The first kappa shape index (κ1) is 13.5. The lowest BCUT2D eigenvalue weighted by Crippen LogP contribution is -2.12. The minimum absolute atomic E-state index is 0.184. The van der Waals surface area contributed by atoms with E-state index >= 15 is 0 Å². The fourth-order valence-electron chi connectivity index (χ4n) is 1.64. The van der Waals surface area contributed by atoms with Gasteiger partial charge >= 0.3 is 0 Å². The maximum absolute atomic E-state index is 9.67. The van der Waals surface area contributed by atoms with E-state index < -0.39 is 6.10 Å². The van der Waals surface area contributed by atoms with Crippen molar-refractivity contribution in [1.29, 1.82) is 0 Å². The molecule has 0 aliphatic rings. The first-order valence-electron chi connectivity index (χ1n) is 5.68. The van der Waals surface area contributed by atoms with Crippen molar-refractivity contribution in [2.75, 3.05) is 0 Å². The zero-order valence-electron chi connectivity index (χ0n) is 10.0. The number of hydrogen-bond donors (Lipinski definition) is 1. The highest BCUT2D eigenvalue weighted by molar-refractivity contribution is 9.10. The standard InChI is InChI=1S/C13H19BrO2/c1-4-5-9(2)16-13-7-6-11(14)8-12(13)10(3)15/h6-10,15H,4-5H2,1-3H3/t9?,10-/m0/s1. The Morgan fingerprint density at radius 1 is 1.38 bits per heavy atom. The van der Waals surface area contributed by atoms with Gasteiger partial charge < -0.3 is 9.84 Å². The molecule has 0 bridgehead atoms. The van der Waals surface area contributed by atoms with E-state index in [0.717, 1.165) is 28.6 Å². The second-order valence-electron chi connectivity index (χ2n) is 4.08. The van der Waals surface area contributed by atoms with Gasteiger partial charge in [-0.05, 0) is 38.5 Å². The van der Waals surface area contributed by atoms with Crippen molar-refractivity contribution in [3.8, 4) is 5.75 Å². The molecule has 0 amide bonds. The topological polar surface area (TPSA) is 29.5 Å². The van der Waals surface area contributed by atoms with E-state index in [4.69, 9.17) is 4.74 Å². The third-order valence-corrected chi connectivity index (χ3v) is 2.94. The van der Waals surface area contributed by atoms with Crippen molar-refractivity contribution in [3.63, 3.8) is 0 Å². The molecule has 0 aromatic heterocycles. The quantitative estimate of drug-likeness (QED) is 0.884. The molecule has 0 spiro atoms. The van der Waals surface area contributed by atoms with Crippen molar-refractivity contribution in [2.24, 2.45) is 0 Å². The van der Waals surface area contributed by atoms with Crippen LogP contribution in [-0.2, 0) is 0 Å². The molecule has 16 heavy (non-hydrogen) atoms. The van der Waals surface area contributed by atoms with Gasteiger partial charge in [0.05, 0.1) is 12.2 Å². The Morgan fingerprint density at radius 3 is 2.62 bits per heavy atom. The summed E-state index contributed by atoms with van der Waals surface area (Å²) in [4.78, 5) is 0. The number of benzene rings is 1. The SMILES string of the molecule is CCCC(C)Oc1ccc(Br)cc1[C@H](C)O. The summed E-state index contributed by atoms with van der Waals surface area (Å²) < 4.78 is 6.78. The average Bonchev–Trinajstić information content (AvgIpc) is 2.20. The average molecular weight is 287 g/mol. The number of hydrogen-bond acceptors (Lipinski definition) is 2. The molecule has 0 heterocycles. The maximum Gasteiger partial charge on any atom is 0.125 e. The first-order valence-corrected chi connectivity index (χ1v) is 6.48. The minimum atomic E-state index is -0.513. The van der Waals surface area contributed by atoms with E-state index in [1.165, 1.54) is 0 Å². The smallest absolute Gasteiger partial charge is 0.125 e. The van der Waals surface area contributed by atoms with Crippen molar-refractivity contribution >= 4 is 15.9 Å². The summed E-state index contributed by atoms with van der Waals surface area (Å²) in [7, 11) is 0. The Bertz CT molecular complexity index is 337. The molecule has 1 unspecified atom stereocenters. The lowest BCUT2D eigenvalue weighted by molar-refractivity contribution is 0.174. The zero-order chi connectivity index (χ0) is 12.1. The summed E-state index contributed by atoms with van der Waals surface area (Å²) in [6.07, 6.45) is 1.79. The summed E-state index contributed by atoms with van der Waals surface area (Å²) in [6, 6.07) is 5.73. The van der Waals surface area contributed by atoms with Gasteiger partial charge in [-0.3, -0.25) is 0 Å². The molecule has 2 atom stereocenters. The Labute approximate surface area is 106 Å². The highest BCUT2D eigenvalue weighted by Gasteiger charge is 2.12. The van der Waals surface area contributed by atoms with Crippen LogP contribution < -0.4 is 4.74 Å². The zero-order valence-corrected chi connectivity index (χ0v) is 11.6. The maximum atomic E-state index is 9.67. The van der Waals surface area contributed by atoms with Crippen LogP contribution in [0.1, 0.15) is 45.3 Å². The van der Waals surface area contributed by atoms with Gasteiger partial charge in [0.15, 0.2) is 0 Å². The minimum Gasteiger partial charge on any atom is -0.490 e. The Hall–Kier alpha value is -0.540. The van der Waals surface area contributed by atoms with Gasteiger partial charge in [-0.2, -0.15) is 0 Å². The Balaban J connectivity index is 2.86. The predicted molar refractivity (Wildman–Crippen MR) is 69.8 cm³/mol. The van der Waals surface area contributed by atoms with Gasteiger partial charge in [-0.25, -0.2) is 0 Å². The third-order valence-electron chi connectivity index (χ3n) is 2.45. The van der Waals surface area contributed by atoms with Crippen molar-refractivity contribution in [1.82, 2.24) is 0 Å². The van der Waals surface area contributed by atoms with Crippen molar-refractivity contribution in [2.45, 2.75) is 45.8 Å². The number of ether oxygens (including phenoxy) is 1. The largest absolute Gasteiger partial charge is 0.490 e. The fraction of sp³-hybridized carbons (Fsp3) is 0.538.